The van der Waals surface area contributed by atoms with E-state index in [0.717, 1.165) is 21.5 Å². The van der Waals surface area contributed by atoms with Crippen molar-refractivity contribution in [2.24, 2.45) is 0 Å². The summed E-state index contributed by atoms with van der Waals surface area (Å²) in [4.78, 5) is 16.2. The molecule has 2 aromatic rings. The van der Waals surface area contributed by atoms with Gasteiger partial charge in [0.15, 0.2) is 0 Å². The van der Waals surface area contributed by atoms with Gasteiger partial charge in [0, 0.05) is 22.9 Å². The van der Waals surface area contributed by atoms with E-state index in [4.69, 9.17) is 0 Å². The average molecular weight is 337 g/mol. The standard InChI is InChI=1S/C14H17BrN4O/c1-8(2)19-10(4)13(9(3)18-19)17-14(20)11-5-12(15)7-16-6-11/h5-8H,1-4H3,(H,17,20). The largest absolute Gasteiger partial charge is 0.319 e. The molecule has 6 heteroatoms. The monoisotopic (exact) mass is 336 g/mol. The summed E-state index contributed by atoms with van der Waals surface area (Å²) in [6.07, 6.45) is 3.18. The van der Waals surface area contributed by atoms with Gasteiger partial charge in [-0.1, -0.05) is 0 Å². The topological polar surface area (TPSA) is 59.8 Å². The Morgan fingerprint density at radius 1 is 1.35 bits per heavy atom. The van der Waals surface area contributed by atoms with E-state index >= 15 is 0 Å². The average Bonchev–Trinajstić information content (AvgIpc) is 2.67. The number of amides is 1. The van der Waals surface area contributed by atoms with Gasteiger partial charge < -0.3 is 5.32 Å². The van der Waals surface area contributed by atoms with Gasteiger partial charge in [-0.05, 0) is 49.7 Å². The summed E-state index contributed by atoms with van der Waals surface area (Å²) in [7, 11) is 0. The van der Waals surface area contributed by atoms with Crippen molar-refractivity contribution in [2.75, 3.05) is 5.32 Å². The van der Waals surface area contributed by atoms with Crippen LogP contribution >= 0.6 is 15.9 Å². The highest BCUT2D eigenvalue weighted by Gasteiger charge is 2.16. The van der Waals surface area contributed by atoms with Crippen LogP contribution in [0.5, 0.6) is 0 Å². The van der Waals surface area contributed by atoms with Gasteiger partial charge in [-0.15, -0.1) is 0 Å². The van der Waals surface area contributed by atoms with Gasteiger partial charge in [-0.2, -0.15) is 5.10 Å². The summed E-state index contributed by atoms with van der Waals surface area (Å²) in [5.41, 5.74) is 3.04. The van der Waals surface area contributed by atoms with Gasteiger partial charge in [0.25, 0.3) is 5.91 Å². The van der Waals surface area contributed by atoms with Crippen molar-refractivity contribution in [1.29, 1.82) is 0 Å². The Morgan fingerprint density at radius 3 is 2.60 bits per heavy atom. The molecule has 0 spiro atoms. The number of hydrogen-bond acceptors (Lipinski definition) is 3. The minimum Gasteiger partial charge on any atom is -0.319 e. The number of nitrogens with zero attached hydrogens (tertiary/aromatic N) is 3. The lowest BCUT2D eigenvalue weighted by atomic mass is 10.2. The molecule has 0 atom stereocenters. The lowest BCUT2D eigenvalue weighted by molar-refractivity contribution is 0.102. The first-order chi connectivity index (χ1) is 9.40. The Balaban J connectivity index is 2.29. The van der Waals surface area contributed by atoms with Gasteiger partial charge >= 0.3 is 0 Å². The normalized spacial score (nSPS) is 10.9. The Kier molecular flexibility index (Phi) is 4.23. The highest BCUT2D eigenvalue weighted by atomic mass is 79.9. The van der Waals surface area contributed by atoms with Crippen molar-refractivity contribution in [1.82, 2.24) is 14.8 Å². The van der Waals surface area contributed by atoms with Crippen LogP contribution in [0.3, 0.4) is 0 Å². The van der Waals surface area contributed by atoms with Crippen LogP contribution in [0.4, 0.5) is 5.69 Å². The summed E-state index contributed by atoms with van der Waals surface area (Å²) >= 11 is 3.31. The fraction of sp³-hybridized carbons (Fsp3) is 0.357. The minimum atomic E-state index is -0.187. The summed E-state index contributed by atoms with van der Waals surface area (Å²) in [5.74, 6) is -0.187. The van der Waals surface area contributed by atoms with E-state index in [1.54, 1.807) is 12.3 Å². The summed E-state index contributed by atoms with van der Waals surface area (Å²) in [5, 5.41) is 7.37. The van der Waals surface area contributed by atoms with Crippen LogP contribution in [-0.4, -0.2) is 20.7 Å². The number of halogens is 1. The highest BCUT2D eigenvalue weighted by Crippen LogP contribution is 2.23. The fourth-order valence-electron chi connectivity index (χ4n) is 2.07. The third-order valence-electron chi connectivity index (χ3n) is 3.02. The second-order valence-corrected chi connectivity index (χ2v) is 5.85. The van der Waals surface area contributed by atoms with Gasteiger partial charge in [0.2, 0.25) is 0 Å². The fourth-order valence-corrected chi connectivity index (χ4v) is 2.43. The number of rotatable bonds is 3. The first-order valence-corrected chi connectivity index (χ1v) is 7.17. The quantitative estimate of drug-likeness (QED) is 0.933. The summed E-state index contributed by atoms with van der Waals surface area (Å²) < 4.78 is 2.68. The van der Waals surface area contributed by atoms with Gasteiger partial charge in [0.1, 0.15) is 0 Å². The number of nitrogens with one attached hydrogen (secondary N) is 1. The third-order valence-corrected chi connectivity index (χ3v) is 3.45. The zero-order valence-electron chi connectivity index (χ0n) is 11.9. The van der Waals surface area contributed by atoms with Crippen LogP contribution in [0.2, 0.25) is 0 Å². The van der Waals surface area contributed by atoms with Crippen molar-refractivity contribution in [2.45, 2.75) is 33.7 Å². The van der Waals surface area contributed by atoms with Crippen molar-refractivity contribution < 1.29 is 4.79 Å². The van der Waals surface area contributed by atoms with Crippen molar-refractivity contribution in [3.05, 3.63) is 39.9 Å². The molecular formula is C14H17BrN4O. The molecule has 0 saturated heterocycles. The molecular weight excluding hydrogens is 320 g/mol. The minimum absolute atomic E-state index is 0.187. The molecule has 0 saturated carbocycles. The second-order valence-electron chi connectivity index (χ2n) is 4.93. The summed E-state index contributed by atoms with van der Waals surface area (Å²) in [6, 6.07) is 1.99. The molecule has 0 aliphatic carbocycles. The van der Waals surface area contributed by atoms with Crippen LogP contribution in [0.1, 0.15) is 41.6 Å². The van der Waals surface area contributed by atoms with Crippen LogP contribution in [-0.2, 0) is 0 Å². The van der Waals surface area contributed by atoms with E-state index < -0.39 is 0 Å². The Hall–Kier alpha value is -1.69. The number of carbonyl (C=O) groups is 1. The highest BCUT2D eigenvalue weighted by molar-refractivity contribution is 9.10. The molecule has 2 aromatic heterocycles. The molecule has 0 aliphatic heterocycles. The number of carbonyl (C=O) groups excluding carboxylic acids is 1. The molecule has 0 aromatic carbocycles. The molecule has 0 aliphatic rings. The zero-order valence-corrected chi connectivity index (χ0v) is 13.5. The van der Waals surface area contributed by atoms with E-state index in [1.165, 1.54) is 6.20 Å². The van der Waals surface area contributed by atoms with Crippen molar-refractivity contribution in [3.63, 3.8) is 0 Å². The molecule has 106 valence electrons. The summed E-state index contributed by atoms with van der Waals surface area (Å²) in [6.45, 7) is 7.96. The first kappa shape index (κ1) is 14.7. The van der Waals surface area contributed by atoms with Crippen LogP contribution in [0.25, 0.3) is 0 Å². The second kappa shape index (κ2) is 5.75. The molecule has 5 nitrogen and oxygen atoms in total. The number of anilines is 1. The maximum Gasteiger partial charge on any atom is 0.257 e. The van der Waals surface area contributed by atoms with E-state index in [-0.39, 0.29) is 11.9 Å². The molecule has 2 rings (SSSR count). The predicted octanol–water partition coefficient (Wildman–Crippen LogP) is 3.49. The Bertz CT molecular complexity index is 649. The Morgan fingerprint density at radius 2 is 2.05 bits per heavy atom. The van der Waals surface area contributed by atoms with E-state index in [0.29, 0.717) is 5.56 Å². The smallest absolute Gasteiger partial charge is 0.257 e. The molecule has 1 amide bonds. The van der Waals surface area contributed by atoms with Gasteiger partial charge in [-0.3, -0.25) is 14.5 Å². The van der Waals surface area contributed by atoms with E-state index in [9.17, 15) is 4.79 Å². The Labute approximate surface area is 126 Å². The lowest BCUT2D eigenvalue weighted by Crippen LogP contribution is -2.13. The third kappa shape index (κ3) is 2.90. The lowest BCUT2D eigenvalue weighted by Gasteiger charge is -2.09. The SMILES string of the molecule is Cc1nn(C(C)C)c(C)c1NC(=O)c1cncc(Br)c1. The number of hydrogen-bond donors (Lipinski definition) is 1. The van der Waals surface area contributed by atoms with E-state index in [1.807, 2.05) is 18.5 Å². The first-order valence-electron chi connectivity index (χ1n) is 6.37. The zero-order chi connectivity index (χ0) is 14.9. The molecule has 2 heterocycles. The van der Waals surface area contributed by atoms with Crippen LogP contribution in [0, 0.1) is 13.8 Å². The number of aromatic nitrogens is 3. The number of aryl methyl sites for hydroxylation is 1. The van der Waals surface area contributed by atoms with Crippen LogP contribution in [0.15, 0.2) is 22.9 Å². The maximum absolute atomic E-state index is 12.2. The number of pyridine rings is 1. The van der Waals surface area contributed by atoms with E-state index in [2.05, 4.69) is 45.2 Å². The molecule has 0 fully saturated rings. The molecule has 20 heavy (non-hydrogen) atoms. The van der Waals surface area contributed by atoms with Gasteiger partial charge in [0.05, 0.1) is 22.6 Å². The molecule has 1 N–H and O–H groups in total. The van der Waals surface area contributed by atoms with Crippen LogP contribution < -0.4 is 5.32 Å². The molecule has 0 bridgehead atoms. The molecule has 0 radical (unpaired) electrons. The predicted molar refractivity (Wildman–Crippen MR) is 82.0 cm³/mol. The van der Waals surface area contributed by atoms with Crippen molar-refractivity contribution in [3.8, 4) is 0 Å². The van der Waals surface area contributed by atoms with Crippen molar-refractivity contribution >= 4 is 27.5 Å². The maximum atomic E-state index is 12.2. The van der Waals surface area contributed by atoms with Gasteiger partial charge in [-0.25, -0.2) is 0 Å². The molecule has 0 unspecified atom stereocenters.